The van der Waals surface area contributed by atoms with Crippen molar-refractivity contribution in [3.63, 3.8) is 0 Å². The lowest BCUT2D eigenvalue weighted by atomic mass is 10.00. The van der Waals surface area contributed by atoms with Gasteiger partial charge in [-0.25, -0.2) is 0 Å². The van der Waals surface area contributed by atoms with Gasteiger partial charge >= 0.3 is 0 Å². The summed E-state index contributed by atoms with van der Waals surface area (Å²) in [4.78, 5) is 13.6. The Morgan fingerprint density at radius 3 is 2.54 bits per heavy atom. The van der Waals surface area contributed by atoms with E-state index < -0.39 is 12.0 Å². The summed E-state index contributed by atoms with van der Waals surface area (Å²) >= 11 is 0. The minimum atomic E-state index is -0.422. The Kier molecular flexibility index (Phi) is 5.28. The first-order valence-corrected chi connectivity index (χ1v) is 8.49. The monoisotopic (exact) mass is 324 g/mol. The van der Waals surface area contributed by atoms with Gasteiger partial charge in [-0.3, -0.25) is 9.69 Å². The molecule has 0 bridgehead atoms. The van der Waals surface area contributed by atoms with Gasteiger partial charge in [0.05, 0.1) is 6.10 Å². The maximum Gasteiger partial charge on any atom is 0.248 e. The first kappa shape index (κ1) is 16.7. The summed E-state index contributed by atoms with van der Waals surface area (Å²) in [7, 11) is 0. The number of hydrogen-bond acceptors (Lipinski definition) is 3. The summed E-state index contributed by atoms with van der Waals surface area (Å²) in [5.41, 5.74) is 7.97. The second-order valence-electron chi connectivity index (χ2n) is 6.49. The Balaban J connectivity index is 1.62. The number of primary amides is 1. The van der Waals surface area contributed by atoms with E-state index in [9.17, 15) is 9.90 Å². The van der Waals surface area contributed by atoms with Crippen LogP contribution in [0.25, 0.3) is 0 Å². The van der Waals surface area contributed by atoms with Crippen LogP contribution in [0, 0.1) is 0 Å². The zero-order chi connectivity index (χ0) is 16.9. The van der Waals surface area contributed by atoms with Gasteiger partial charge in [0.2, 0.25) is 5.91 Å². The second kappa shape index (κ2) is 7.60. The number of aliphatic hydroxyl groups excluding tert-OH is 1. The number of rotatable bonds is 6. The van der Waals surface area contributed by atoms with Crippen LogP contribution in [0.2, 0.25) is 0 Å². The molecule has 0 radical (unpaired) electrons. The summed E-state index contributed by atoms with van der Waals surface area (Å²) < 4.78 is 0. The maximum atomic E-state index is 11.1. The van der Waals surface area contributed by atoms with Crippen LogP contribution >= 0.6 is 0 Å². The molecule has 1 fully saturated rings. The van der Waals surface area contributed by atoms with Crippen molar-refractivity contribution in [1.29, 1.82) is 0 Å². The third-order valence-electron chi connectivity index (χ3n) is 4.80. The maximum absolute atomic E-state index is 11.1. The van der Waals surface area contributed by atoms with Crippen molar-refractivity contribution >= 4 is 5.91 Å². The number of nitrogens with zero attached hydrogens (tertiary/aromatic N) is 1. The average molecular weight is 324 g/mol. The molecule has 3 rings (SSSR count). The average Bonchev–Trinajstić information content (AvgIpc) is 3.03. The largest absolute Gasteiger partial charge is 0.388 e. The molecule has 2 aromatic rings. The SMILES string of the molecule is NC(=O)c1ccc(CN2CCCC2CC(O)c2ccccc2)cc1. The third kappa shape index (κ3) is 4.02. The lowest BCUT2D eigenvalue weighted by Gasteiger charge is -2.26. The van der Waals surface area contributed by atoms with Crippen molar-refractivity contribution in [1.82, 2.24) is 4.90 Å². The lowest BCUT2D eigenvalue weighted by molar-refractivity contribution is 0.1000. The molecule has 2 unspecified atom stereocenters. The molecule has 1 aliphatic heterocycles. The first-order valence-electron chi connectivity index (χ1n) is 8.49. The van der Waals surface area contributed by atoms with E-state index in [2.05, 4.69) is 4.90 Å². The molecule has 0 saturated carbocycles. The van der Waals surface area contributed by atoms with Gasteiger partial charge in [0.1, 0.15) is 0 Å². The molecule has 2 atom stereocenters. The standard InChI is InChI=1S/C20H24N2O2/c21-20(24)17-10-8-15(9-11-17)14-22-12-4-7-18(22)13-19(23)16-5-2-1-3-6-16/h1-3,5-6,8-11,18-19,23H,4,7,12-14H2,(H2,21,24). The summed E-state index contributed by atoms with van der Waals surface area (Å²) in [6, 6.07) is 17.7. The highest BCUT2D eigenvalue weighted by Crippen LogP contribution is 2.28. The van der Waals surface area contributed by atoms with E-state index in [1.165, 1.54) is 5.56 Å². The van der Waals surface area contributed by atoms with E-state index in [1.807, 2.05) is 42.5 Å². The van der Waals surface area contributed by atoms with Crippen LogP contribution in [-0.4, -0.2) is 28.5 Å². The van der Waals surface area contributed by atoms with Crippen LogP contribution < -0.4 is 5.73 Å². The van der Waals surface area contributed by atoms with E-state index in [-0.39, 0.29) is 0 Å². The minimum absolute atomic E-state index is 0.385. The molecule has 126 valence electrons. The Bertz CT molecular complexity index is 670. The fourth-order valence-electron chi connectivity index (χ4n) is 3.45. The van der Waals surface area contributed by atoms with Crippen molar-refractivity contribution in [2.24, 2.45) is 5.73 Å². The quantitative estimate of drug-likeness (QED) is 0.858. The molecule has 4 nitrogen and oxygen atoms in total. The van der Waals surface area contributed by atoms with Crippen molar-refractivity contribution in [2.75, 3.05) is 6.54 Å². The van der Waals surface area contributed by atoms with Crippen molar-refractivity contribution in [3.05, 3.63) is 71.3 Å². The molecule has 1 saturated heterocycles. The highest BCUT2D eigenvalue weighted by atomic mass is 16.3. The Morgan fingerprint density at radius 1 is 1.17 bits per heavy atom. The fraction of sp³-hybridized carbons (Fsp3) is 0.350. The zero-order valence-corrected chi connectivity index (χ0v) is 13.8. The van der Waals surface area contributed by atoms with Gasteiger partial charge < -0.3 is 10.8 Å². The van der Waals surface area contributed by atoms with Gasteiger partial charge in [0.25, 0.3) is 0 Å². The molecule has 0 spiro atoms. The van der Waals surface area contributed by atoms with Gasteiger partial charge in [0, 0.05) is 18.2 Å². The van der Waals surface area contributed by atoms with Crippen LogP contribution in [0.4, 0.5) is 0 Å². The number of aliphatic hydroxyl groups is 1. The Hall–Kier alpha value is -2.17. The van der Waals surface area contributed by atoms with E-state index in [4.69, 9.17) is 5.73 Å². The molecular formula is C20H24N2O2. The number of nitrogens with two attached hydrogens (primary N) is 1. The van der Waals surface area contributed by atoms with E-state index >= 15 is 0 Å². The lowest BCUT2D eigenvalue weighted by Crippen LogP contribution is -2.30. The summed E-state index contributed by atoms with van der Waals surface area (Å²) in [6.45, 7) is 1.88. The van der Waals surface area contributed by atoms with Gasteiger partial charge in [-0.1, -0.05) is 42.5 Å². The van der Waals surface area contributed by atoms with Gasteiger partial charge in [-0.15, -0.1) is 0 Å². The summed E-state index contributed by atoms with van der Waals surface area (Å²) in [5.74, 6) is -0.397. The van der Waals surface area contributed by atoms with E-state index in [1.54, 1.807) is 12.1 Å². The van der Waals surface area contributed by atoms with E-state index in [0.29, 0.717) is 11.6 Å². The molecule has 24 heavy (non-hydrogen) atoms. The molecule has 3 N–H and O–H groups in total. The molecule has 1 aliphatic rings. The predicted molar refractivity (Wildman–Crippen MR) is 94.4 cm³/mol. The molecular weight excluding hydrogens is 300 g/mol. The van der Waals surface area contributed by atoms with Crippen molar-refractivity contribution in [2.45, 2.75) is 38.0 Å². The number of benzene rings is 2. The zero-order valence-electron chi connectivity index (χ0n) is 13.8. The highest BCUT2D eigenvalue weighted by Gasteiger charge is 2.27. The van der Waals surface area contributed by atoms with Crippen LogP contribution in [0.1, 0.15) is 46.9 Å². The van der Waals surface area contributed by atoms with Crippen LogP contribution in [0.5, 0.6) is 0 Å². The number of amides is 1. The molecule has 0 aliphatic carbocycles. The Morgan fingerprint density at radius 2 is 1.88 bits per heavy atom. The number of carbonyl (C=O) groups excluding carboxylic acids is 1. The Labute approximate surface area is 142 Å². The fourth-order valence-corrected chi connectivity index (χ4v) is 3.45. The summed E-state index contributed by atoms with van der Waals surface area (Å²) in [6.07, 6.45) is 2.60. The molecule has 0 aromatic heterocycles. The highest BCUT2D eigenvalue weighted by molar-refractivity contribution is 5.92. The molecule has 4 heteroatoms. The molecule has 2 aromatic carbocycles. The normalized spacial score (nSPS) is 19.3. The number of hydrogen-bond donors (Lipinski definition) is 2. The summed E-state index contributed by atoms with van der Waals surface area (Å²) in [5, 5.41) is 10.5. The number of carbonyl (C=O) groups is 1. The second-order valence-corrected chi connectivity index (χ2v) is 6.49. The van der Waals surface area contributed by atoms with Gasteiger partial charge in [-0.05, 0) is 49.1 Å². The number of likely N-dealkylation sites (tertiary alicyclic amines) is 1. The predicted octanol–water partition coefficient (Wildman–Crippen LogP) is 2.87. The van der Waals surface area contributed by atoms with Gasteiger partial charge in [-0.2, -0.15) is 0 Å². The first-order chi connectivity index (χ1) is 11.6. The van der Waals surface area contributed by atoms with E-state index in [0.717, 1.165) is 37.9 Å². The van der Waals surface area contributed by atoms with Crippen LogP contribution in [0.15, 0.2) is 54.6 Å². The minimum Gasteiger partial charge on any atom is -0.388 e. The topological polar surface area (TPSA) is 66.6 Å². The van der Waals surface area contributed by atoms with Crippen molar-refractivity contribution in [3.8, 4) is 0 Å². The molecule has 1 amide bonds. The smallest absolute Gasteiger partial charge is 0.248 e. The van der Waals surface area contributed by atoms with Crippen molar-refractivity contribution < 1.29 is 9.90 Å². The van der Waals surface area contributed by atoms with Crippen LogP contribution in [0.3, 0.4) is 0 Å². The molecule has 1 heterocycles. The third-order valence-corrected chi connectivity index (χ3v) is 4.80. The van der Waals surface area contributed by atoms with Crippen LogP contribution in [-0.2, 0) is 6.54 Å². The van der Waals surface area contributed by atoms with Gasteiger partial charge in [0.15, 0.2) is 0 Å².